The maximum atomic E-state index is 12.4. The first kappa shape index (κ1) is 11.2. The van der Waals surface area contributed by atoms with Crippen LogP contribution in [-0.2, 0) is 10.2 Å². The first-order valence-electron chi connectivity index (χ1n) is 7.36. The molecule has 1 fully saturated rings. The predicted octanol–water partition coefficient (Wildman–Crippen LogP) is 4.10. The molecule has 1 aromatic carbocycles. The van der Waals surface area contributed by atoms with Crippen LogP contribution in [-0.4, -0.2) is 5.78 Å². The minimum atomic E-state index is -0.0531. The summed E-state index contributed by atoms with van der Waals surface area (Å²) in [5, 5.41) is 0. The molecular formula is C18H18O. The van der Waals surface area contributed by atoms with Crippen molar-refractivity contribution in [3.63, 3.8) is 0 Å². The third-order valence-corrected chi connectivity index (χ3v) is 5.06. The molecule has 0 saturated heterocycles. The van der Waals surface area contributed by atoms with Gasteiger partial charge < -0.3 is 0 Å². The van der Waals surface area contributed by atoms with Crippen LogP contribution in [0.25, 0.3) is 0 Å². The molecule has 0 spiro atoms. The predicted molar refractivity (Wildman–Crippen MR) is 75.9 cm³/mol. The second-order valence-corrected chi connectivity index (χ2v) is 5.97. The maximum absolute atomic E-state index is 12.4. The standard InChI is InChI=1S/C18H18O/c19-16-10-9-13-12-15-8-4-5-11-18(15,17(13)16)14-6-2-1-3-7-14/h1-3,6-7,12H,4-5,8-11H2. The van der Waals surface area contributed by atoms with Gasteiger partial charge in [-0.05, 0) is 36.8 Å². The molecule has 3 aliphatic rings. The number of fused-ring (bicyclic) bond motifs is 2. The Morgan fingerprint density at radius 1 is 0.947 bits per heavy atom. The monoisotopic (exact) mass is 250 g/mol. The largest absolute Gasteiger partial charge is 0.294 e. The van der Waals surface area contributed by atoms with Crippen LogP contribution < -0.4 is 0 Å². The van der Waals surface area contributed by atoms with Gasteiger partial charge in [0.1, 0.15) is 0 Å². The van der Waals surface area contributed by atoms with Crippen molar-refractivity contribution in [3.05, 3.63) is 58.7 Å². The van der Waals surface area contributed by atoms with Gasteiger partial charge in [0.2, 0.25) is 0 Å². The van der Waals surface area contributed by atoms with Gasteiger partial charge >= 0.3 is 0 Å². The van der Waals surface area contributed by atoms with Gasteiger partial charge in [-0.3, -0.25) is 4.79 Å². The zero-order chi connectivity index (χ0) is 12.9. The van der Waals surface area contributed by atoms with Crippen molar-refractivity contribution < 1.29 is 4.79 Å². The normalized spacial score (nSPS) is 29.3. The van der Waals surface area contributed by atoms with E-state index >= 15 is 0 Å². The highest BCUT2D eigenvalue weighted by atomic mass is 16.1. The summed E-state index contributed by atoms with van der Waals surface area (Å²) in [6.07, 6.45) is 8.83. The van der Waals surface area contributed by atoms with Crippen molar-refractivity contribution in [2.24, 2.45) is 0 Å². The molecule has 0 N–H and O–H groups in total. The zero-order valence-electron chi connectivity index (χ0n) is 11.1. The Bertz CT molecular complexity index is 606. The fourth-order valence-corrected chi connectivity index (χ4v) is 4.30. The first-order chi connectivity index (χ1) is 9.32. The summed E-state index contributed by atoms with van der Waals surface area (Å²) in [6.45, 7) is 0. The summed E-state index contributed by atoms with van der Waals surface area (Å²) in [6, 6.07) is 10.7. The number of hydrogen-bond acceptors (Lipinski definition) is 1. The Kier molecular flexibility index (Phi) is 2.32. The average molecular weight is 250 g/mol. The molecule has 0 amide bonds. The summed E-state index contributed by atoms with van der Waals surface area (Å²) in [4.78, 5) is 12.4. The van der Waals surface area contributed by atoms with Crippen molar-refractivity contribution in [2.75, 3.05) is 0 Å². The van der Waals surface area contributed by atoms with Gasteiger partial charge in [0.15, 0.2) is 5.78 Å². The topological polar surface area (TPSA) is 17.1 Å². The van der Waals surface area contributed by atoms with Crippen molar-refractivity contribution in [2.45, 2.75) is 43.9 Å². The lowest BCUT2D eigenvalue weighted by Gasteiger charge is -2.39. The Balaban J connectivity index is 1.95. The van der Waals surface area contributed by atoms with Gasteiger partial charge in [0.05, 0.1) is 0 Å². The highest BCUT2D eigenvalue weighted by molar-refractivity contribution is 6.04. The van der Waals surface area contributed by atoms with Gasteiger partial charge in [-0.15, -0.1) is 0 Å². The smallest absolute Gasteiger partial charge is 0.160 e. The highest BCUT2D eigenvalue weighted by Gasteiger charge is 2.49. The SMILES string of the molecule is O=C1CCC2=C1C1(c3ccccc3)CCCCC1=C2. The second-order valence-electron chi connectivity index (χ2n) is 5.97. The number of rotatable bonds is 1. The number of Topliss-reactive ketones (excluding diaryl/α,β-unsaturated/α-hetero) is 1. The third-order valence-electron chi connectivity index (χ3n) is 5.06. The van der Waals surface area contributed by atoms with Crippen LogP contribution in [0, 0.1) is 0 Å². The molecule has 1 heteroatoms. The summed E-state index contributed by atoms with van der Waals surface area (Å²) < 4.78 is 0. The molecule has 0 radical (unpaired) electrons. The molecule has 0 aliphatic heterocycles. The molecule has 1 nitrogen and oxygen atoms in total. The van der Waals surface area contributed by atoms with E-state index in [0.29, 0.717) is 5.78 Å². The van der Waals surface area contributed by atoms with Gasteiger partial charge in [0, 0.05) is 17.4 Å². The van der Waals surface area contributed by atoms with E-state index in [4.69, 9.17) is 0 Å². The van der Waals surface area contributed by atoms with E-state index < -0.39 is 0 Å². The Labute approximate surface area is 114 Å². The number of ketones is 1. The summed E-state index contributed by atoms with van der Waals surface area (Å²) in [7, 11) is 0. The van der Waals surface area contributed by atoms with Crippen LogP contribution in [0.5, 0.6) is 0 Å². The molecule has 1 unspecified atom stereocenters. The molecule has 0 aromatic heterocycles. The van der Waals surface area contributed by atoms with Gasteiger partial charge in [-0.1, -0.05) is 48.4 Å². The second kappa shape index (κ2) is 3.93. The van der Waals surface area contributed by atoms with E-state index in [1.165, 1.54) is 29.6 Å². The van der Waals surface area contributed by atoms with E-state index in [1.807, 2.05) is 0 Å². The summed E-state index contributed by atoms with van der Waals surface area (Å²) in [5.41, 5.74) is 5.27. The van der Waals surface area contributed by atoms with Gasteiger partial charge in [-0.25, -0.2) is 0 Å². The van der Waals surface area contributed by atoms with Gasteiger partial charge in [-0.2, -0.15) is 0 Å². The van der Waals surface area contributed by atoms with E-state index in [-0.39, 0.29) is 5.41 Å². The number of carbonyl (C=O) groups excluding carboxylic acids is 1. The lowest BCUT2D eigenvalue weighted by Crippen LogP contribution is -2.34. The quantitative estimate of drug-likeness (QED) is 0.733. The maximum Gasteiger partial charge on any atom is 0.160 e. The molecule has 1 aromatic rings. The molecule has 4 rings (SSSR count). The first-order valence-corrected chi connectivity index (χ1v) is 7.36. The summed E-state index contributed by atoms with van der Waals surface area (Å²) in [5.74, 6) is 0.395. The Morgan fingerprint density at radius 2 is 1.79 bits per heavy atom. The third kappa shape index (κ3) is 1.39. The number of benzene rings is 1. The van der Waals surface area contributed by atoms with Crippen molar-refractivity contribution in [1.29, 1.82) is 0 Å². The van der Waals surface area contributed by atoms with E-state index in [2.05, 4.69) is 36.4 Å². The van der Waals surface area contributed by atoms with Crippen LogP contribution in [0.3, 0.4) is 0 Å². The molecule has 3 aliphatic carbocycles. The zero-order valence-corrected chi connectivity index (χ0v) is 11.1. The van der Waals surface area contributed by atoms with Crippen molar-refractivity contribution in [1.82, 2.24) is 0 Å². The van der Waals surface area contributed by atoms with Crippen LogP contribution >= 0.6 is 0 Å². The molecule has 1 saturated carbocycles. The fraction of sp³-hybridized carbons (Fsp3) is 0.389. The minimum absolute atomic E-state index is 0.0531. The average Bonchev–Trinajstić information content (AvgIpc) is 2.98. The van der Waals surface area contributed by atoms with Crippen molar-refractivity contribution >= 4 is 5.78 Å². The Morgan fingerprint density at radius 3 is 2.63 bits per heavy atom. The number of carbonyl (C=O) groups is 1. The minimum Gasteiger partial charge on any atom is -0.294 e. The van der Waals surface area contributed by atoms with Gasteiger partial charge in [0.25, 0.3) is 0 Å². The van der Waals surface area contributed by atoms with Crippen LogP contribution in [0.15, 0.2) is 53.1 Å². The van der Waals surface area contributed by atoms with E-state index in [0.717, 1.165) is 31.3 Å². The fourth-order valence-electron chi connectivity index (χ4n) is 4.30. The van der Waals surface area contributed by atoms with E-state index in [1.54, 1.807) is 0 Å². The number of allylic oxidation sites excluding steroid dienone is 4. The van der Waals surface area contributed by atoms with E-state index in [9.17, 15) is 4.79 Å². The molecular weight excluding hydrogens is 232 g/mol. The van der Waals surface area contributed by atoms with Crippen LogP contribution in [0.4, 0.5) is 0 Å². The van der Waals surface area contributed by atoms with Crippen LogP contribution in [0.1, 0.15) is 44.1 Å². The number of hydrogen-bond donors (Lipinski definition) is 0. The molecule has 96 valence electrons. The molecule has 0 heterocycles. The molecule has 19 heavy (non-hydrogen) atoms. The van der Waals surface area contributed by atoms with Crippen LogP contribution in [0.2, 0.25) is 0 Å². The highest BCUT2D eigenvalue weighted by Crippen LogP contribution is 2.56. The Hall–Kier alpha value is -1.63. The summed E-state index contributed by atoms with van der Waals surface area (Å²) >= 11 is 0. The lowest BCUT2D eigenvalue weighted by atomic mass is 9.63. The lowest BCUT2D eigenvalue weighted by molar-refractivity contribution is -0.115. The molecule has 1 atom stereocenters. The molecule has 0 bridgehead atoms. The van der Waals surface area contributed by atoms with Crippen molar-refractivity contribution in [3.8, 4) is 0 Å².